The van der Waals surface area contributed by atoms with Gasteiger partial charge in [0, 0.05) is 18.0 Å². The van der Waals surface area contributed by atoms with Crippen LogP contribution in [-0.2, 0) is 9.84 Å². The van der Waals surface area contributed by atoms with Crippen LogP contribution in [0.3, 0.4) is 0 Å². The predicted octanol–water partition coefficient (Wildman–Crippen LogP) is 3.00. The van der Waals surface area contributed by atoms with Crippen molar-refractivity contribution in [2.24, 2.45) is 5.92 Å². The highest BCUT2D eigenvalue weighted by Gasteiger charge is 2.23. The van der Waals surface area contributed by atoms with E-state index in [1.165, 1.54) is 25.5 Å². The summed E-state index contributed by atoms with van der Waals surface area (Å²) >= 11 is 0. The first-order valence-corrected chi connectivity index (χ1v) is 8.34. The average Bonchev–Trinajstić information content (AvgIpc) is 2.66. The molecule has 1 aliphatic carbocycles. The zero-order valence-corrected chi connectivity index (χ0v) is 12.0. The Morgan fingerprint density at radius 1 is 1.28 bits per heavy atom. The van der Waals surface area contributed by atoms with Gasteiger partial charge in [-0.3, -0.25) is 0 Å². The van der Waals surface area contributed by atoms with Crippen LogP contribution < -0.4 is 5.32 Å². The summed E-state index contributed by atoms with van der Waals surface area (Å²) in [5.74, 6) is 0.659. The van der Waals surface area contributed by atoms with Crippen LogP contribution >= 0.6 is 0 Å². The average molecular weight is 267 g/mol. The van der Waals surface area contributed by atoms with Gasteiger partial charge in [-0.25, -0.2) is 8.42 Å². The van der Waals surface area contributed by atoms with Crippen molar-refractivity contribution in [2.45, 2.75) is 44.0 Å². The lowest BCUT2D eigenvalue weighted by Gasteiger charge is -2.20. The molecule has 0 saturated heterocycles. The van der Waals surface area contributed by atoms with Gasteiger partial charge in [0.1, 0.15) is 0 Å². The summed E-state index contributed by atoms with van der Waals surface area (Å²) in [6.07, 6.45) is 4.93. The van der Waals surface area contributed by atoms with Gasteiger partial charge >= 0.3 is 0 Å². The van der Waals surface area contributed by atoms with Gasteiger partial charge in [0.25, 0.3) is 0 Å². The number of rotatable bonds is 3. The smallest absolute Gasteiger partial charge is 0.175 e. The Kier molecular flexibility index (Phi) is 3.66. The fraction of sp³-hybridized carbons (Fsp3) is 0.571. The van der Waals surface area contributed by atoms with Gasteiger partial charge in [-0.15, -0.1) is 0 Å². The summed E-state index contributed by atoms with van der Waals surface area (Å²) < 4.78 is 23.1. The Morgan fingerprint density at radius 3 is 2.56 bits per heavy atom. The maximum Gasteiger partial charge on any atom is 0.175 e. The van der Waals surface area contributed by atoms with E-state index >= 15 is 0 Å². The summed E-state index contributed by atoms with van der Waals surface area (Å²) in [6.45, 7) is 4.26. The zero-order chi connectivity index (χ0) is 13.3. The second kappa shape index (κ2) is 4.92. The molecule has 1 aliphatic rings. The molecule has 2 rings (SSSR count). The van der Waals surface area contributed by atoms with E-state index in [4.69, 9.17) is 0 Å². The molecule has 2 unspecified atom stereocenters. The number of hydrogen-bond acceptors (Lipinski definition) is 3. The molecule has 0 radical (unpaired) electrons. The molecule has 1 aromatic carbocycles. The monoisotopic (exact) mass is 267 g/mol. The molecule has 18 heavy (non-hydrogen) atoms. The van der Waals surface area contributed by atoms with Gasteiger partial charge in [0.2, 0.25) is 0 Å². The van der Waals surface area contributed by atoms with Gasteiger partial charge in [-0.2, -0.15) is 0 Å². The maximum atomic E-state index is 11.6. The van der Waals surface area contributed by atoms with Gasteiger partial charge in [-0.05, 0) is 43.4 Å². The molecular weight excluding hydrogens is 246 g/mol. The molecule has 2 atom stereocenters. The number of nitrogens with one attached hydrogen (secondary N) is 1. The van der Waals surface area contributed by atoms with E-state index in [2.05, 4.69) is 12.2 Å². The minimum atomic E-state index is -3.13. The van der Waals surface area contributed by atoms with Gasteiger partial charge < -0.3 is 5.32 Å². The van der Waals surface area contributed by atoms with Crippen molar-refractivity contribution in [1.29, 1.82) is 0 Å². The number of anilines is 1. The molecule has 3 nitrogen and oxygen atoms in total. The molecule has 100 valence electrons. The Labute approximate surface area is 110 Å². The summed E-state index contributed by atoms with van der Waals surface area (Å²) in [7, 11) is -3.13. The van der Waals surface area contributed by atoms with Crippen molar-refractivity contribution < 1.29 is 8.42 Å². The third kappa shape index (κ3) is 2.86. The topological polar surface area (TPSA) is 46.2 Å². The normalized spacial score (nSPS) is 24.2. The minimum Gasteiger partial charge on any atom is -0.382 e. The first kappa shape index (κ1) is 13.4. The van der Waals surface area contributed by atoms with Crippen LogP contribution in [-0.4, -0.2) is 20.7 Å². The molecule has 0 heterocycles. The highest BCUT2D eigenvalue weighted by molar-refractivity contribution is 7.90. The van der Waals surface area contributed by atoms with Crippen LogP contribution in [0.5, 0.6) is 0 Å². The lowest BCUT2D eigenvalue weighted by atomic mass is 10.1. The standard InChI is InChI=1S/C14H21NO2S/c1-10-5-4-6-13(10)15-14-9-12(18(3,16)17)8-7-11(14)2/h7-10,13,15H,4-6H2,1-3H3. The Balaban J connectivity index is 2.27. The maximum absolute atomic E-state index is 11.6. The first-order chi connectivity index (χ1) is 8.38. The lowest BCUT2D eigenvalue weighted by Crippen LogP contribution is -2.22. The molecule has 0 bridgehead atoms. The number of hydrogen-bond donors (Lipinski definition) is 1. The SMILES string of the molecule is Cc1ccc(S(C)(=O)=O)cc1NC1CCCC1C. The van der Waals surface area contributed by atoms with Crippen LogP contribution in [0.15, 0.2) is 23.1 Å². The van der Waals surface area contributed by atoms with Crippen molar-refractivity contribution in [3.8, 4) is 0 Å². The molecular formula is C14H21NO2S. The summed E-state index contributed by atoms with van der Waals surface area (Å²) in [4.78, 5) is 0.390. The molecule has 1 saturated carbocycles. The molecule has 1 N–H and O–H groups in total. The molecule has 0 aliphatic heterocycles. The quantitative estimate of drug-likeness (QED) is 0.915. The fourth-order valence-electron chi connectivity index (χ4n) is 2.55. The van der Waals surface area contributed by atoms with Crippen molar-refractivity contribution in [3.63, 3.8) is 0 Å². The third-order valence-electron chi connectivity index (χ3n) is 3.84. The lowest BCUT2D eigenvalue weighted by molar-refractivity contribution is 0.556. The molecule has 1 fully saturated rings. The molecule has 0 amide bonds. The third-order valence-corrected chi connectivity index (χ3v) is 4.95. The van der Waals surface area contributed by atoms with Crippen LogP contribution in [0.1, 0.15) is 31.7 Å². The molecule has 1 aromatic rings. The summed E-state index contributed by atoms with van der Waals surface area (Å²) in [5, 5.41) is 3.51. The second-order valence-corrected chi connectivity index (χ2v) is 7.42. The summed E-state index contributed by atoms with van der Waals surface area (Å²) in [6, 6.07) is 5.78. The molecule has 0 aromatic heterocycles. The van der Waals surface area contributed by atoms with Gasteiger partial charge in [-0.1, -0.05) is 19.4 Å². The van der Waals surface area contributed by atoms with E-state index in [1.54, 1.807) is 12.1 Å². The van der Waals surface area contributed by atoms with Crippen molar-refractivity contribution >= 4 is 15.5 Å². The number of sulfone groups is 1. The van der Waals surface area contributed by atoms with Crippen molar-refractivity contribution in [3.05, 3.63) is 23.8 Å². The molecule has 0 spiro atoms. The van der Waals surface area contributed by atoms with Gasteiger partial charge in [0.15, 0.2) is 9.84 Å². The predicted molar refractivity (Wildman–Crippen MR) is 74.7 cm³/mol. The first-order valence-electron chi connectivity index (χ1n) is 6.45. The van der Waals surface area contributed by atoms with E-state index in [9.17, 15) is 8.42 Å². The Hall–Kier alpha value is -1.03. The van der Waals surface area contributed by atoms with Gasteiger partial charge in [0.05, 0.1) is 4.90 Å². The fourth-order valence-corrected chi connectivity index (χ4v) is 3.19. The number of benzene rings is 1. The van der Waals surface area contributed by atoms with E-state index in [0.717, 1.165) is 11.3 Å². The van der Waals surface area contributed by atoms with E-state index in [-0.39, 0.29) is 0 Å². The van der Waals surface area contributed by atoms with Crippen molar-refractivity contribution in [2.75, 3.05) is 11.6 Å². The highest BCUT2D eigenvalue weighted by atomic mass is 32.2. The Bertz CT molecular complexity index is 537. The largest absolute Gasteiger partial charge is 0.382 e. The second-order valence-electron chi connectivity index (χ2n) is 5.41. The van der Waals surface area contributed by atoms with E-state index < -0.39 is 9.84 Å². The van der Waals surface area contributed by atoms with E-state index in [1.807, 2.05) is 13.0 Å². The highest BCUT2D eigenvalue weighted by Crippen LogP contribution is 2.30. The van der Waals surface area contributed by atoms with Crippen LogP contribution in [0.2, 0.25) is 0 Å². The summed E-state index contributed by atoms with van der Waals surface area (Å²) in [5.41, 5.74) is 2.05. The van der Waals surface area contributed by atoms with Crippen LogP contribution in [0, 0.1) is 12.8 Å². The van der Waals surface area contributed by atoms with Crippen LogP contribution in [0.4, 0.5) is 5.69 Å². The zero-order valence-electron chi connectivity index (χ0n) is 11.2. The minimum absolute atomic E-state index is 0.390. The number of aryl methyl sites for hydroxylation is 1. The molecule has 4 heteroatoms. The van der Waals surface area contributed by atoms with Crippen molar-refractivity contribution in [1.82, 2.24) is 0 Å². The van der Waals surface area contributed by atoms with Crippen LogP contribution in [0.25, 0.3) is 0 Å². The Morgan fingerprint density at radius 2 is 2.00 bits per heavy atom. The van der Waals surface area contributed by atoms with E-state index in [0.29, 0.717) is 16.9 Å².